The third kappa shape index (κ3) is 6.04. The fourth-order valence-corrected chi connectivity index (χ4v) is 6.03. The van der Waals surface area contributed by atoms with E-state index in [-0.39, 0.29) is 11.7 Å². The zero-order valence-corrected chi connectivity index (χ0v) is 24.3. The Kier molecular flexibility index (Phi) is 7.77. The summed E-state index contributed by atoms with van der Waals surface area (Å²) in [5.41, 5.74) is 4.83. The number of aliphatic imine (C=N–C) groups is 1. The number of rotatable bonds is 10. The predicted octanol–water partition coefficient (Wildman–Crippen LogP) is 7.44. The number of hydrogen-bond acceptors (Lipinski definition) is 6. The number of aromatic amines is 1. The van der Waals surface area contributed by atoms with Crippen LogP contribution in [0, 0.1) is 0 Å². The smallest absolute Gasteiger partial charge is 0.394 e. The van der Waals surface area contributed by atoms with Crippen LogP contribution in [-0.2, 0) is 11.3 Å². The number of nitrogens with zero attached hydrogens (tertiary/aromatic N) is 5. The number of nitrogens with one attached hydrogen (secondary N) is 1. The molecule has 1 fully saturated rings. The molecule has 2 heterocycles. The number of hydrogen-bond donors (Lipinski definition) is 1. The van der Waals surface area contributed by atoms with Crippen LogP contribution in [0.2, 0.25) is 0 Å². The number of alkyl halides is 2. The molecule has 4 aromatic rings. The van der Waals surface area contributed by atoms with Gasteiger partial charge in [-0.25, -0.2) is 0 Å². The minimum Gasteiger partial charge on any atom is -0.433 e. The molecule has 3 aromatic carbocycles. The molecule has 1 amide bonds. The molecule has 0 atom stereocenters. The molecule has 0 unspecified atom stereocenters. The lowest BCUT2D eigenvalue weighted by Gasteiger charge is -2.23. The summed E-state index contributed by atoms with van der Waals surface area (Å²) in [5.74, 6) is 1.62. The summed E-state index contributed by atoms with van der Waals surface area (Å²) in [7, 11) is 0. The standard InChI is InChI=1S/C33H34F2N6O2/c1-3-4-7-29-36-33(18-5-6-19-33)31(42)41(29)21-22-8-10-24(11-9-22)28-20-25(14-17-27(28)30-37-39-40-38-30)23-12-15-26(16-13-23)43-32(2,34)35/h8-17,20H,3-7,18-19,21H2,1-2H3,(H,37,38,39,40). The first kappa shape index (κ1) is 28.6. The average molecular weight is 585 g/mol. The Morgan fingerprint density at radius 3 is 2.30 bits per heavy atom. The number of amides is 1. The lowest BCUT2D eigenvalue weighted by Crippen LogP contribution is -2.40. The second-order valence-corrected chi connectivity index (χ2v) is 11.4. The van der Waals surface area contributed by atoms with Crippen molar-refractivity contribution in [1.29, 1.82) is 0 Å². The first-order chi connectivity index (χ1) is 20.7. The number of ether oxygens (including phenoxy) is 1. The van der Waals surface area contributed by atoms with Crippen LogP contribution in [0.25, 0.3) is 33.6 Å². The van der Waals surface area contributed by atoms with Crippen LogP contribution in [-0.4, -0.2) is 48.9 Å². The molecule has 0 saturated heterocycles. The van der Waals surface area contributed by atoms with Crippen LogP contribution < -0.4 is 4.74 Å². The summed E-state index contributed by atoms with van der Waals surface area (Å²) in [6.45, 7) is 3.36. The van der Waals surface area contributed by atoms with E-state index in [9.17, 15) is 13.6 Å². The van der Waals surface area contributed by atoms with Gasteiger partial charge >= 0.3 is 6.11 Å². The number of H-pyrrole nitrogens is 1. The highest BCUT2D eigenvalue weighted by Gasteiger charge is 2.49. The Labute approximate surface area is 249 Å². The Morgan fingerprint density at radius 2 is 1.65 bits per heavy atom. The van der Waals surface area contributed by atoms with E-state index in [1.165, 1.54) is 12.1 Å². The van der Waals surface area contributed by atoms with Crippen molar-refractivity contribution in [3.05, 3.63) is 72.3 Å². The average Bonchev–Trinajstić information content (AvgIpc) is 3.75. The second-order valence-electron chi connectivity index (χ2n) is 11.4. The maximum atomic E-state index is 13.6. The van der Waals surface area contributed by atoms with Gasteiger partial charge in [-0.3, -0.25) is 14.7 Å². The number of carbonyl (C=O) groups is 1. The van der Waals surface area contributed by atoms with Crippen molar-refractivity contribution < 1.29 is 18.3 Å². The zero-order chi connectivity index (χ0) is 30.0. The summed E-state index contributed by atoms with van der Waals surface area (Å²) < 4.78 is 31.2. The number of halogens is 2. The zero-order valence-electron chi connectivity index (χ0n) is 24.3. The number of amidine groups is 1. The minimum atomic E-state index is -3.25. The molecule has 10 heteroatoms. The Bertz CT molecular complexity index is 1610. The predicted molar refractivity (Wildman–Crippen MR) is 160 cm³/mol. The van der Waals surface area contributed by atoms with Gasteiger partial charge in [0.05, 0.1) is 6.54 Å². The molecule has 2 aliphatic rings. The van der Waals surface area contributed by atoms with Gasteiger partial charge < -0.3 is 4.74 Å². The van der Waals surface area contributed by atoms with Gasteiger partial charge in [-0.1, -0.05) is 68.7 Å². The first-order valence-corrected chi connectivity index (χ1v) is 14.8. The molecule has 1 aromatic heterocycles. The van der Waals surface area contributed by atoms with Crippen molar-refractivity contribution in [2.75, 3.05) is 0 Å². The quantitative estimate of drug-likeness (QED) is 0.209. The third-order valence-corrected chi connectivity index (χ3v) is 8.18. The largest absolute Gasteiger partial charge is 0.433 e. The van der Waals surface area contributed by atoms with Gasteiger partial charge in [-0.2, -0.15) is 14.0 Å². The fourth-order valence-electron chi connectivity index (χ4n) is 6.03. The Hall–Kier alpha value is -4.47. The fraction of sp³-hybridized carbons (Fsp3) is 0.364. The number of unbranched alkanes of at least 4 members (excludes halogenated alkanes) is 1. The van der Waals surface area contributed by atoms with Crippen molar-refractivity contribution in [2.45, 2.75) is 77.0 Å². The summed E-state index contributed by atoms with van der Waals surface area (Å²) in [6, 6.07) is 20.6. The maximum absolute atomic E-state index is 13.6. The molecule has 0 radical (unpaired) electrons. The number of tetrazole rings is 1. The van der Waals surface area contributed by atoms with Crippen LogP contribution in [0.3, 0.4) is 0 Å². The highest BCUT2D eigenvalue weighted by molar-refractivity contribution is 6.08. The van der Waals surface area contributed by atoms with E-state index in [2.05, 4.69) is 32.3 Å². The molecular formula is C33H34F2N6O2. The molecule has 6 rings (SSSR count). The molecule has 222 valence electrons. The molecule has 1 spiro atoms. The van der Waals surface area contributed by atoms with E-state index >= 15 is 0 Å². The first-order valence-electron chi connectivity index (χ1n) is 14.8. The van der Waals surface area contributed by atoms with Crippen molar-refractivity contribution >= 4 is 11.7 Å². The normalized spacial score (nSPS) is 16.2. The highest BCUT2D eigenvalue weighted by atomic mass is 19.3. The monoisotopic (exact) mass is 584 g/mol. The van der Waals surface area contributed by atoms with Crippen molar-refractivity contribution in [3.63, 3.8) is 0 Å². The van der Waals surface area contributed by atoms with Crippen molar-refractivity contribution in [2.24, 2.45) is 4.99 Å². The SMILES string of the molecule is CCCCC1=NC2(CCCC2)C(=O)N1Cc1ccc(-c2cc(-c3ccc(OC(C)(F)F)cc3)ccc2-c2nn[nH]n2)cc1. The summed E-state index contributed by atoms with van der Waals surface area (Å²) in [5, 5.41) is 14.6. The van der Waals surface area contributed by atoms with Gasteiger partial charge in [0.1, 0.15) is 17.1 Å². The third-order valence-electron chi connectivity index (χ3n) is 8.18. The summed E-state index contributed by atoms with van der Waals surface area (Å²) in [6.07, 6.45) is 3.40. The molecule has 8 nitrogen and oxygen atoms in total. The number of benzene rings is 3. The molecule has 1 aliphatic carbocycles. The number of aromatic nitrogens is 4. The lowest BCUT2D eigenvalue weighted by atomic mass is 9.93. The Balaban J connectivity index is 1.28. The van der Waals surface area contributed by atoms with Crippen LogP contribution >= 0.6 is 0 Å². The van der Waals surface area contributed by atoms with Gasteiger partial charge in [0.15, 0.2) is 0 Å². The summed E-state index contributed by atoms with van der Waals surface area (Å²) in [4.78, 5) is 20.5. The van der Waals surface area contributed by atoms with Gasteiger partial charge in [0.2, 0.25) is 5.82 Å². The molecule has 0 bridgehead atoms. The van der Waals surface area contributed by atoms with E-state index in [1.54, 1.807) is 12.1 Å². The van der Waals surface area contributed by atoms with Crippen LogP contribution in [0.4, 0.5) is 8.78 Å². The molecule has 43 heavy (non-hydrogen) atoms. The van der Waals surface area contributed by atoms with E-state index in [4.69, 9.17) is 4.99 Å². The lowest BCUT2D eigenvalue weighted by molar-refractivity contribution is -0.158. The molecule has 1 saturated carbocycles. The summed E-state index contributed by atoms with van der Waals surface area (Å²) >= 11 is 0. The molecule has 1 N–H and O–H groups in total. The van der Waals surface area contributed by atoms with Gasteiger partial charge in [-0.05, 0) is 76.6 Å². The van der Waals surface area contributed by atoms with Crippen LogP contribution in [0.15, 0.2) is 71.7 Å². The van der Waals surface area contributed by atoms with Crippen LogP contribution in [0.1, 0.15) is 64.4 Å². The topological polar surface area (TPSA) is 96.4 Å². The molecular weight excluding hydrogens is 550 g/mol. The van der Waals surface area contributed by atoms with Crippen molar-refractivity contribution in [3.8, 4) is 39.4 Å². The van der Waals surface area contributed by atoms with Crippen LogP contribution in [0.5, 0.6) is 5.75 Å². The second kappa shape index (κ2) is 11.7. The molecule has 1 aliphatic heterocycles. The van der Waals surface area contributed by atoms with Gasteiger partial charge in [0, 0.05) is 18.9 Å². The van der Waals surface area contributed by atoms with Gasteiger partial charge in [-0.15, -0.1) is 10.2 Å². The highest BCUT2D eigenvalue weighted by Crippen LogP contribution is 2.40. The number of carbonyl (C=O) groups excluding carboxylic acids is 1. The van der Waals surface area contributed by atoms with E-state index < -0.39 is 11.6 Å². The maximum Gasteiger partial charge on any atom is 0.394 e. The van der Waals surface area contributed by atoms with E-state index in [0.717, 1.165) is 84.2 Å². The van der Waals surface area contributed by atoms with Gasteiger partial charge in [0.25, 0.3) is 5.91 Å². The van der Waals surface area contributed by atoms with E-state index in [0.29, 0.717) is 19.3 Å². The minimum absolute atomic E-state index is 0.0914. The van der Waals surface area contributed by atoms with Crippen molar-refractivity contribution in [1.82, 2.24) is 25.5 Å². The van der Waals surface area contributed by atoms with E-state index in [1.807, 2.05) is 47.4 Å². The Morgan fingerprint density at radius 1 is 0.953 bits per heavy atom.